The van der Waals surface area contributed by atoms with Crippen LogP contribution in [0.25, 0.3) is 0 Å². The Kier molecular flexibility index (Phi) is 6.35. The van der Waals surface area contributed by atoms with Crippen LogP contribution in [-0.4, -0.2) is 5.78 Å². The third-order valence-electron chi connectivity index (χ3n) is 10.3. The number of fused-ring (bicyclic) bond motifs is 5. The topological polar surface area (TPSA) is 17.1 Å². The Morgan fingerprint density at radius 3 is 2.52 bits per heavy atom. The molecule has 1 nitrogen and oxygen atoms in total. The van der Waals surface area contributed by atoms with Crippen molar-refractivity contribution in [3.63, 3.8) is 0 Å². The van der Waals surface area contributed by atoms with Crippen LogP contribution in [-0.2, 0) is 4.79 Å². The molecule has 0 N–H and O–H groups in total. The summed E-state index contributed by atoms with van der Waals surface area (Å²) in [5.74, 6) is 6.33. The Bertz CT molecular complexity index is 665. The lowest BCUT2D eigenvalue weighted by Gasteiger charge is -2.59. The van der Waals surface area contributed by atoms with Crippen LogP contribution in [0.4, 0.5) is 0 Å². The molecule has 5 unspecified atom stereocenters. The van der Waals surface area contributed by atoms with E-state index in [0.29, 0.717) is 17.1 Å². The van der Waals surface area contributed by atoms with E-state index in [1.165, 1.54) is 57.8 Å². The highest BCUT2D eigenvalue weighted by Gasteiger charge is 2.60. The Hall–Kier alpha value is 0.140. The standard InChI is InChI=1S/C27H43IO/c1-17(2)7-6-8-18(3)21-11-12-22-20-10-9-19-15-25(29)24(28)16-27(19,5)23(20)13-14-26(21,22)4/h16-23H,6-15H2,1-5H3/t18?,19?,20-,21?,22?,23?,26+,27-/m0/s1. The molecule has 4 aliphatic rings. The minimum absolute atomic E-state index is 0.273. The van der Waals surface area contributed by atoms with Gasteiger partial charge in [-0.05, 0) is 113 Å². The molecule has 4 aliphatic carbocycles. The maximum absolute atomic E-state index is 12.4. The zero-order chi connectivity index (χ0) is 21.0. The first kappa shape index (κ1) is 22.3. The zero-order valence-corrected chi connectivity index (χ0v) is 21.6. The van der Waals surface area contributed by atoms with E-state index in [9.17, 15) is 4.79 Å². The number of carbonyl (C=O) groups excluding carboxylic acids is 1. The molecule has 0 radical (unpaired) electrons. The van der Waals surface area contributed by atoms with Crippen molar-refractivity contribution in [1.29, 1.82) is 0 Å². The van der Waals surface area contributed by atoms with Crippen LogP contribution >= 0.6 is 22.6 Å². The summed E-state index contributed by atoms with van der Waals surface area (Å²) in [6.45, 7) is 12.5. The number of carbonyl (C=O) groups is 1. The van der Waals surface area contributed by atoms with E-state index in [1.807, 2.05) is 0 Å². The monoisotopic (exact) mass is 510 g/mol. The van der Waals surface area contributed by atoms with Gasteiger partial charge in [0.25, 0.3) is 0 Å². The second kappa shape index (κ2) is 8.24. The molecule has 3 fully saturated rings. The van der Waals surface area contributed by atoms with E-state index in [4.69, 9.17) is 0 Å². The van der Waals surface area contributed by atoms with Crippen molar-refractivity contribution in [2.75, 3.05) is 0 Å². The van der Waals surface area contributed by atoms with Gasteiger partial charge in [-0.25, -0.2) is 0 Å². The van der Waals surface area contributed by atoms with Gasteiger partial charge in [0.1, 0.15) is 0 Å². The van der Waals surface area contributed by atoms with Crippen molar-refractivity contribution < 1.29 is 4.79 Å². The molecular weight excluding hydrogens is 467 g/mol. The average Bonchev–Trinajstić information content (AvgIpc) is 3.00. The normalized spacial score (nSPS) is 45.4. The summed E-state index contributed by atoms with van der Waals surface area (Å²) in [4.78, 5) is 12.4. The van der Waals surface area contributed by atoms with Crippen molar-refractivity contribution in [2.45, 2.75) is 98.8 Å². The number of Topliss-reactive ketones (excluding diaryl/α,β-unsaturated/α-hetero) is 1. The van der Waals surface area contributed by atoms with E-state index in [-0.39, 0.29) is 5.41 Å². The van der Waals surface area contributed by atoms with Crippen LogP contribution < -0.4 is 0 Å². The van der Waals surface area contributed by atoms with Crippen LogP contribution in [0.2, 0.25) is 0 Å². The van der Waals surface area contributed by atoms with Crippen LogP contribution in [0.15, 0.2) is 9.66 Å². The molecule has 29 heavy (non-hydrogen) atoms. The van der Waals surface area contributed by atoms with Gasteiger partial charge < -0.3 is 0 Å². The van der Waals surface area contributed by atoms with Gasteiger partial charge in [-0.15, -0.1) is 0 Å². The van der Waals surface area contributed by atoms with Gasteiger partial charge in [-0.2, -0.15) is 0 Å². The number of hydrogen-bond acceptors (Lipinski definition) is 1. The molecule has 0 aliphatic heterocycles. The van der Waals surface area contributed by atoms with Gasteiger partial charge >= 0.3 is 0 Å². The fourth-order valence-electron chi connectivity index (χ4n) is 8.72. The number of halogens is 1. The molecule has 0 aromatic heterocycles. The largest absolute Gasteiger partial charge is 0.294 e. The summed E-state index contributed by atoms with van der Waals surface area (Å²) in [5.41, 5.74) is 0.846. The summed E-state index contributed by atoms with van der Waals surface area (Å²) in [7, 11) is 0. The molecule has 0 saturated heterocycles. The highest BCUT2D eigenvalue weighted by Crippen LogP contribution is 2.67. The Morgan fingerprint density at radius 1 is 1.03 bits per heavy atom. The van der Waals surface area contributed by atoms with Gasteiger partial charge in [0.15, 0.2) is 5.78 Å². The minimum Gasteiger partial charge on any atom is -0.294 e. The molecular formula is C27H43IO. The molecule has 0 spiro atoms. The molecule has 2 heteroatoms. The molecule has 4 rings (SSSR count). The number of rotatable bonds is 5. The quantitative estimate of drug-likeness (QED) is 0.341. The van der Waals surface area contributed by atoms with Crippen molar-refractivity contribution in [2.24, 2.45) is 52.3 Å². The van der Waals surface area contributed by atoms with E-state index >= 15 is 0 Å². The fourth-order valence-corrected chi connectivity index (χ4v) is 9.61. The third-order valence-corrected chi connectivity index (χ3v) is 11.2. The molecule has 0 aromatic rings. The predicted molar refractivity (Wildman–Crippen MR) is 131 cm³/mol. The lowest BCUT2D eigenvalue weighted by molar-refractivity contribution is -0.123. The molecule has 0 heterocycles. The molecule has 0 bridgehead atoms. The van der Waals surface area contributed by atoms with Gasteiger partial charge in [-0.1, -0.05) is 60.0 Å². The van der Waals surface area contributed by atoms with Crippen LogP contribution in [0.3, 0.4) is 0 Å². The Labute approximate surface area is 193 Å². The summed E-state index contributed by atoms with van der Waals surface area (Å²) >= 11 is 2.32. The van der Waals surface area contributed by atoms with Crippen LogP contribution in [0.1, 0.15) is 98.8 Å². The molecule has 3 saturated carbocycles. The first-order chi connectivity index (χ1) is 13.7. The Morgan fingerprint density at radius 2 is 1.79 bits per heavy atom. The second-order valence-corrected chi connectivity index (χ2v) is 13.3. The highest BCUT2D eigenvalue weighted by molar-refractivity contribution is 14.1. The van der Waals surface area contributed by atoms with Gasteiger partial charge in [0.05, 0.1) is 3.58 Å². The summed E-state index contributed by atoms with van der Waals surface area (Å²) < 4.78 is 1.03. The lowest BCUT2D eigenvalue weighted by atomic mass is 9.45. The van der Waals surface area contributed by atoms with E-state index in [2.05, 4.69) is 63.3 Å². The first-order valence-corrected chi connectivity index (χ1v) is 13.7. The summed E-state index contributed by atoms with van der Waals surface area (Å²) in [6.07, 6.45) is 15.9. The van der Waals surface area contributed by atoms with Gasteiger partial charge in [0.2, 0.25) is 0 Å². The fraction of sp³-hybridized carbons (Fsp3) is 0.889. The van der Waals surface area contributed by atoms with Crippen molar-refractivity contribution >= 4 is 28.4 Å². The molecule has 0 aromatic carbocycles. The van der Waals surface area contributed by atoms with E-state index in [0.717, 1.165) is 45.5 Å². The van der Waals surface area contributed by atoms with Crippen molar-refractivity contribution in [1.82, 2.24) is 0 Å². The van der Waals surface area contributed by atoms with Crippen molar-refractivity contribution in [3.8, 4) is 0 Å². The number of allylic oxidation sites excluding steroid dienone is 2. The molecule has 0 amide bonds. The number of ketones is 1. The Balaban J connectivity index is 1.51. The van der Waals surface area contributed by atoms with Crippen molar-refractivity contribution in [3.05, 3.63) is 9.66 Å². The van der Waals surface area contributed by atoms with E-state index < -0.39 is 0 Å². The average molecular weight is 511 g/mol. The summed E-state index contributed by atoms with van der Waals surface area (Å²) in [5, 5.41) is 0. The molecule has 164 valence electrons. The van der Waals surface area contributed by atoms with Crippen LogP contribution in [0, 0.1) is 52.3 Å². The third kappa shape index (κ3) is 3.80. The van der Waals surface area contributed by atoms with E-state index in [1.54, 1.807) is 0 Å². The highest BCUT2D eigenvalue weighted by atomic mass is 127. The summed E-state index contributed by atoms with van der Waals surface area (Å²) in [6, 6.07) is 0. The van der Waals surface area contributed by atoms with Gasteiger partial charge in [0, 0.05) is 6.42 Å². The lowest BCUT2D eigenvalue weighted by Crippen LogP contribution is -2.52. The minimum atomic E-state index is 0.273. The maximum Gasteiger partial charge on any atom is 0.168 e. The SMILES string of the molecule is CC(C)CCCC(C)C1CCC2[C@@H]3CCC4CC(=O)C(I)=C[C@]4(C)C3CC[C@]12C. The zero-order valence-electron chi connectivity index (χ0n) is 19.5. The smallest absolute Gasteiger partial charge is 0.168 e. The molecule has 8 atom stereocenters. The first-order valence-electron chi connectivity index (χ1n) is 12.6. The maximum atomic E-state index is 12.4. The predicted octanol–water partition coefficient (Wildman–Crippen LogP) is 8.22. The number of hydrogen-bond donors (Lipinski definition) is 0. The van der Waals surface area contributed by atoms with Crippen LogP contribution in [0.5, 0.6) is 0 Å². The second-order valence-electron chi connectivity index (χ2n) is 12.2. The van der Waals surface area contributed by atoms with Gasteiger partial charge in [-0.3, -0.25) is 4.79 Å².